The van der Waals surface area contributed by atoms with E-state index in [-0.39, 0.29) is 12.1 Å². The number of carbonyl (C=O) groups is 1. The quantitative estimate of drug-likeness (QED) is 0.486. The fourth-order valence-electron chi connectivity index (χ4n) is 1.22. The van der Waals surface area contributed by atoms with E-state index in [4.69, 9.17) is 16.3 Å². The van der Waals surface area contributed by atoms with Crippen LogP contribution in [0, 0.1) is 0 Å². The maximum atomic E-state index is 10.8. The molecule has 0 radical (unpaired) electrons. The van der Waals surface area contributed by atoms with Crippen molar-refractivity contribution in [1.82, 2.24) is 0 Å². The maximum absolute atomic E-state index is 10.8. The zero-order valence-corrected chi connectivity index (χ0v) is 7.43. The highest BCUT2D eigenvalue weighted by Gasteiger charge is 2.31. The Hall–Kier alpha value is -0.240. The van der Waals surface area contributed by atoms with Gasteiger partial charge in [-0.25, -0.2) is 0 Å². The second kappa shape index (κ2) is 3.96. The summed E-state index contributed by atoms with van der Waals surface area (Å²) in [5.41, 5.74) is 0. The molecule has 0 bridgehead atoms. The van der Waals surface area contributed by atoms with Crippen molar-refractivity contribution in [1.29, 1.82) is 0 Å². The molecule has 1 aliphatic heterocycles. The molecule has 0 aliphatic carbocycles. The van der Waals surface area contributed by atoms with Gasteiger partial charge < -0.3 is 4.74 Å². The lowest BCUT2D eigenvalue weighted by Gasteiger charge is -2.05. The predicted molar refractivity (Wildman–Crippen MR) is 43.7 cm³/mol. The first-order valence-corrected chi connectivity index (χ1v) is 4.52. The summed E-state index contributed by atoms with van der Waals surface area (Å²) in [5, 5.41) is -0.392. The zero-order chi connectivity index (χ0) is 8.27. The third-order valence-electron chi connectivity index (χ3n) is 1.89. The molecule has 0 saturated carbocycles. The number of rotatable bonds is 3. The van der Waals surface area contributed by atoms with Gasteiger partial charge in [-0.2, -0.15) is 0 Å². The van der Waals surface area contributed by atoms with E-state index in [1.54, 1.807) is 0 Å². The van der Waals surface area contributed by atoms with Gasteiger partial charge in [0.1, 0.15) is 11.5 Å². The Morgan fingerprint density at radius 3 is 2.91 bits per heavy atom. The number of carbonyl (C=O) groups excluding carboxylic acids is 1. The Labute approximate surface area is 71.9 Å². The number of unbranched alkanes of at least 4 members (excludes halogenated alkanes) is 1. The van der Waals surface area contributed by atoms with Crippen molar-refractivity contribution >= 4 is 17.6 Å². The summed E-state index contributed by atoms with van der Waals surface area (Å²) in [6, 6.07) is 0. The third-order valence-corrected chi connectivity index (χ3v) is 2.24. The minimum atomic E-state index is -0.392. The number of esters is 1. The molecule has 0 N–H and O–H groups in total. The smallest absolute Gasteiger partial charge is 0.324 e. The lowest BCUT2D eigenvalue weighted by molar-refractivity contribution is -0.141. The number of cyclic esters (lactones) is 1. The van der Waals surface area contributed by atoms with E-state index in [0.29, 0.717) is 6.42 Å². The molecule has 0 aromatic rings. The van der Waals surface area contributed by atoms with Crippen LogP contribution in [0.5, 0.6) is 0 Å². The number of hydrogen-bond acceptors (Lipinski definition) is 2. The summed E-state index contributed by atoms with van der Waals surface area (Å²) in [6.07, 6.45) is 4.00. The second-order valence-corrected chi connectivity index (χ2v) is 3.43. The monoisotopic (exact) mass is 176 g/mol. The van der Waals surface area contributed by atoms with Gasteiger partial charge >= 0.3 is 5.97 Å². The van der Waals surface area contributed by atoms with Crippen LogP contribution in [0.25, 0.3) is 0 Å². The van der Waals surface area contributed by atoms with Crippen molar-refractivity contribution in [2.24, 2.45) is 0 Å². The van der Waals surface area contributed by atoms with Crippen LogP contribution in [0.2, 0.25) is 0 Å². The molecule has 1 aliphatic rings. The van der Waals surface area contributed by atoms with E-state index >= 15 is 0 Å². The molecule has 2 nitrogen and oxygen atoms in total. The van der Waals surface area contributed by atoms with Gasteiger partial charge in [-0.05, 0) is 6.42 Å². The minimum absolute atomic E-state index is 0.0879. The Bertz CT molecular complexity index is 147. The first-order valence-electron chi connectivity index (χ1n) is 4.08. The highest BCUT2D eigenvalue weighted by Crippen LogP contribution is 2.23. The van der Waals surface area contributed by atoms with E-state index in [1.165, 1.54) is 0 Å². The summed E-state index contributed by atoms with van der Waals surface area (Å²) in [6.45, 7) is 2.12. The molecule has 1 rings (SSSR count). The number of ether oxygens (including phenoxy) is 1. The standard InChI is InChI=1S/C8H13ClO2/c1-2-3-4-6-5-7(9)8(10)11-6/h6-7H,2-5H2,1H3/t6-,7+/m1/s1. The average molecular weight is 177 g/mol. The van der Waals surface area contributed by atoms with Gasteiger partial charge in [0.15, 0.2) is 0 Å². The highest BCUT2D eigenvalue weighted by molar-refractivity contribution is 6.30. The Morgan fingerprint density at radius 1 is 1.73 bits per heavy atom. The first kappa shape index (κ1) is 8.85. The fourth-order valence-corrected chi connectivity index (χ4v) is 1.47. The minimum Gasteiger partial charge on any atom is -0.461 e. The molecule has 1 saturated heterocycles. The van der Waals surface area contributed by atoms with Crippen LogP contribution < -0.4 is 0 Å². The molecule has 0 spiro atoms. The molecular weight excluding hydrogens is 164 g/mol. The molecule has 0 unspecified atom stereocenters. The van der Waals surface area contributed by atoms with Crippen LogP contribution >= 0.6 is 11.6 Å². The van der Waals surface area contributed by atoms with E-state index in [1.807, 2.05) is 0 Å². The van der Waals surface area contributed by atoms with Crippen molar-refractivity contribution in [2.45, 2.75) is 44.1 Å². The third kappa shape index (κ3) is 2.37. The zero-order valence-electron chi connectivity index (χ0n) is 6.68. The predicted octanol–water partition coefficient (Wildman–Crippen LogP) is 2.10. The summed E-state index contributed by atoms with van der Waals surface area (Å²) < 4.78 is 5.00. The normalized spacial score (nSPS) is 30.5. The molecule has 3 heteroatoms. The van der Waals surface area contributed by atoms with Gasteiger partial charge in [0.25, 0.3) is 0 Å². The largest absolute Gasteiger partial charge is 0.461 e. The Morgan fingerprint density at radius 2 is 2.45 bits per heavy atom. The summed E-state index contributed by atoms with van der Waals surface area (Å²) >= 11 is 5.66. The Kier molecular flexibility index (Phi) is 3.18. The highest BCUT2D eigenvalue weighted by atomic mass is 35.5. The molecule has 2 atom stereocenters. The lowest BCUT2D eigenvalue weighted by atomic mass is 10.1. The van der Waals surface area contributed by atoms with Crippen molar-refractivity contribution in [3.63, 3.8) is 0 Å². The summed E-state index contributed by atoms with van der Waals surface area (Å²) in [4.78, 5) is 10.8. The lowest BCUT2D eigenvalue weighted by Crippen LogP contribution is -2.06. The van der Waals surface area contributed by atoms with Gasteiger partial charge in [-0.3, -0.25) is 4.79 Å². The molecule has 1 heterocycles. The number of halogens is 1. The van der Waals surface area contributed by atoms with Crippen molar-refractivity contribution in [2.75, 3.05) is 0 Å². The summed E-state index contributed by atoms with van der Waals surface area (Å²) in [5.74, 6) is -0.243. The van der Waals surface area contributed by atoms with E-state index < -0.39 is 5.38 Å². The van der Waals surface area contributed by atoms with Crippen molar-refractivity contribution in [3.05, 3.63) is 0 Å². The number of hydrogen-bond donors (Lipinski definition) is 0. The van der Waals surface area contributed by atoms with Crippen LogP contribution in [0.3, 0.4) is 0 Å². The van der Waals surface area contributed by atoms with Gasteiger partial charge in [-0.1, -0.05) is 19.8 Å². The number of alkyl halides is 1. The van der Waals surface area contributed by atoms with Gasteiger partial charge in [0.2, 0.25) is 0 Å². The van der Waals surface area contributed by atoms with Crippen LogP contribution in [0.15, 0.2) is 0 Å². The van der Waals surface area contributed by atoms with Crippen molar-refractivity contribution < 1.29 is 9.53 Å². The van der Waals surface area contributed by atoms with Crippen LogP contribution in [0.1, 0.15) is 32.6 Å². The first-order chi connectivity index (χ1) is 5.24. The molecular formula is C8H13ClO2. The van der Waals surface area contributed by atoms with Crippen LogP contribution in [-0.4, -0.2) is 17.5 Å². The van der Waals surface area contributed by atoms with E-state index in [2.05, 4.69) is 6.92 Å². The molecule has 0 aromatic heterocycles. The van der Waals surface area contributed by atoms with E-state index in [9.17, 15) is 4.79 Å². The summed E-state index contributed by atoms with van der Waals surface area (Å²) in [7, 11) is 0. The van der Waals surface area contributed by atoms with E-state index in [0.717, 1.165) is 19.3 Å². The SMILES string of the molecule is CCCC[C@@H]1C[C@H](Cl)C(=O)O1. The molecule has 11 heavy (non-hydrogen) atoms. The van der Waals surface area contributed by atoms with Crippen LogP contribution in [-0.2, 0) is 9.53 Å². The molecule has 0 amide bonds. The molecule has 1 fully saturated rings. The molecule has 64 valence electrons. The topological polar surface area (TPSA) is 26.3 Å². The Balaban J connectivity index is 2.24. The van der Waals surface area contributed by atoms with Gasteiger partial charge in [0.05, 0.1) is 0 Å². The molecule has 0 aromatic carbocycles. The second-order valence-electron chi connectivity index (χ2n) is 2.90. The fraction of sp³-hybridized carbons (Fsp3) is 0.875. The average Bonchev–Trinajstić information content (AvgIpc) is 2.28. The van der Waals surface area contributed by atoms with Gasteiger partial charge in [-0.15, -0.1) is 11.6 Å². The maximum Gasteiger partial charge on any atom is 0.324 e. The van der Waals surface area contributed by atoms with Crippen molar-refractivity contribution in [3.8, 4) is 0 Å². The van der Waals surface area contributed by atoms with Crippen LogP contribution in [0.4, 0.5) is 0 Å². The van der Waals surface area contributed by atoms with Gasteiger partial charge in [0, 0.05) is 6.42 Å².